The summed E-state index contributed by atoms with van der Waals surface area (Å²) in [4.78, 5) is 33.1. The van der Waals surface area contributed by atoms with Crippen molar-refractivity contribution >= 4 is 34.6 Å². The van der Waals surface area contributed by atoms with E-state index in [9.17, 15) is 14.7 Å². The van der Waals surface area contributed by atoms with E-state index < -0.39 is 5.97 Å². The summed E-state index contributed by atoms with van der Waals surface area (Å²) in [7, 11) is 0. The fourth-order valence-corrected chi connectivity index (χ4v) is 4.56. The minimum absolute atomic E-state index is 0.0785. The number of carboxylic acids is 1. The molecule has 5 aromatic heterocycles. The van der Waals surface area contributed by atoms with Gasteiger partial charge in [0.2, 0.25) is 0 Å². The molecule has 0 atom stereocenters. The number of halogens is 1. The molecule has 5 heterocycles. The van der Waals surface area contributed by atoms with Gasteiger partial charge in [-0.05, 0) is 42.5 Å². The number of pyridine rings is 2. The Morgan fingerprint density at radius 2 is 2.03 bits per heavy atom. The maximum atomic E-state index is 12.7. The largest absolute Gasteiger partial charge is 0.481 e. The number of carbonyl (C=O) groups is 2. The molecule has 6 rings (SSSR count). The highest BCUT2D eigenvalue weighted by Gasteiger charge is 2.25. The molecule has 36 heavy (non-hydrogen) atoms. The molecule has 1 amide bonds. The van der Waals surface area contributed by atoms with E-state index in [4.69, 9.17) is 11.6 Å². The van der Waals surface area contributed by atoms with Gasteiger partial charge in [-0.1, -0.05) is 11.6 Å². The molecule has 5 aromatic rings. The van der Waals surface area contributed by atoms with Crippen molar-refractivity contribution in [3.05, 3.63) is 88.6 Å². The van der Waals surface area contributed by atoms with E-state index in [-0.39, 0.29) is 18.9 Å². The third-order valence-corrected chi connectivity index (χ3v) is 6.54. The van der Waals surface area contributed by atoms with Crippen LogP contribution in [0.4, 0.5) is 0 Å². The lowest BCUT2D eigenvalue weighted by atomic mass is 10.1. The fraction of sp³-hybridized carbons (Fsp3) is 0.240. The van der Waals surface area contributed by atoms with E-state index in [1.165, 1.54) is 6.20 Å². The second kappa shape index (κ2) is 8.80. The third-order valence-electron chi connectivity index (χ3n) is 6.31. The number of hydrogen-bond acceptors (Lipinski definition) is 5. The Morgan fingerprint density at radius 3 is 2.83 bits per heavy atom. The normalized spacial score (nSPS) is 13.5. The van der Waals surface area contributed by atoms with Crippen molar-refractivity contribution in [1.82, 2.24) is 33.9 Å². The molecule has 11 heteroatoms. The van der Waals surface area contributed by atoms with Gasteiger partial charge in [0.25, 0.3) is 5.91 Å². The van der Waals surface area contributed by atoms with Crippen molar-refractivity contribution in [3.8, 4) is 0 Å². The molecule has 0 saturated heterocycles. The molecule has 182 valence electrons. The van der Waals surface area contributed by atoms with Crippen molar-refractivity contribution < 1.29 is 14.7 Å². The van der Waals surface area contributed by atoms with Gasteiger partial charge in [0, 0.05) is 35.4 Å². The summed E-state index contributed by atoms with van der Waals surface area (Å²) in [5.41, 5.74) is 5.17. The first-order chi connectivity index (χ1) is 17.4. The molecule has 2 N–H and O–H groups in total. The highest BCUT2D eigenvalue weighted by Crippen LogP contribution is 2.40. The van der Waals surface area contributed by atoms with Crippen LogP contribution < -0.4 is 5.32 Å². The van der Waals surface area contributed by atoms with Gasteiger partial charge >= 0.3 is 5.97 Å². The highest BCUT2D eigenvalue weighted by atomic mass is 35.5. The van der Waals surface area contributed by atoms with Crippen LogP contribution in [0.15, 0.2) is 55.5 Å². The Morgan fingerprint density at radius 1 is 1.17 bits per heavy atom. The summed E-state index contributed by atoms with van der Waals surface area (Å²) in [6.45, 7) is 0.605. The molecule has 1 saturated carbocycles. The molecule has 0 unspecified atom stereocenters. The summed E-state index contributed by atoms with van der Waals surface area (Å²) < 4.78 is 5.39. The average molecular weight is 504 g/mol. The predicted octanol–water partition coefficient (Wildman–Crippen LogP) is 3.31. The number of hydrogen-bond donors (Lipinski definition) is 2. The molecule has 0 aliphatic heterocycles. The number of carbonyl (C=O) groups excluding carboxylic acids is 1. The van der Waals surface area contributed by atoms with Gasteiger partial charge in [-0.3, -0.25) is 14.3 Å². The lowest BCUT2D eigenvalue weighted by Gasteiger charge is -2.05. The highest BCUT2D eigenvalue weighted by molar-refractivity contribution is 6.30. The quantitative estimate of drug-likeness (QED) is 0.335. The second-order valence-electron chi connectivity index (χ2n) is 9.04. The number of rotatable bonds is 8. The Balaban J connectivity index is 1.17. The monoisotopic (exact) mass is 503 g/mol. The summed E-state index contributed by atoms with van der Waals surface area (Å²) in [5.74, 6) is -0.654. The summed E-state index contributed by atoms with van der Waals surface area (Å²) >= 11 is 6.08. The van der Waals surface area contributed by atoms with Crippen molar-refractivity contribution in [1.29, 1.82) is 0 Å². The number of aliphatic carboxylic acids is 1. The van der Waals surface area contributed by atoms with Crippen LogP contribution in [0.5, 0.6) is 0 Å². The van der Waals surface area contributed by atoms with Gasteiger partial charge in [0.15, 0.2) is 0 Å². The van der Waals surface area contributed by atoms with Crippen molar-refractivity contribution in [2.75, 3.05) is 0 Å². The fourth-order valence-electron chi connectivity index (χ4n) is 4.40. The Bertz CT molecular complexity index is 1630. The maximum absolute atomic E-state index is 12.7. The number of amides is 1. The SMILES string of the molecule is O=C(O)Cc1cc(C2CC2)cn2cc(Cn3cc(C(=O)NCc4ncn5ccc(Cl)cc45)cn3)nc12. The molecular formula is C25H22ClN7O3. The molecule has 0 spiro atoms. The van der Waals surface area contributed by atoms with Crippen LogP contribution in [0.25, 0.3) is 11.2 Å². The number of nitrogens with one attached hydrogen (secondary N) is 1. The molecule has 0 bridgehead atoms. The zero-order valence-electron chi connectivity index (χ0n) is 19.1. The van der Waals surface area contributed by atoms with Crippen LogP contribution in [0, 0.1) is 0 Å². The van der Waals surface area contributed by atoms with E-state index in [1.54, 1.807) is 29.3 Å². The third kappa shape index (κ3) is 4.42. The first kappa shape index (κ1) is 22.3. The first-order valence-corrected chi connectivity index (χ1v) is 11.9. The minimum atomic E-state index is -0.885. The van der Waals surface area contributed by atoms with Crippen LogP contribution in [0.2, 0.25) is 5.02 Å². The van der Waals surface area contributed by atoms with Crippen molar-refractivity contribution in [3.63, 3.8) is 0 Å². The summed E-state index contributed by atoms with van der Waals surface area (Å²) in [6, 6.07) is 5.54. The summed E-state index contributed by atoms with van der Waals surface area (Å²) in [6.07, 6.45) is 12.8. The number of nitrogens with zero attached hydrogens (tertiary/aromatic N) is 6. The molecule has 1 aliphatic carbocycles. The van der Waals surface area contributed by atoms with Crippen LogP contribution >= 0.6 is 11.6 Å². The van der Waals surface area contributed by atoms with Gasteiger partial charge in [0.1, 0.15) is 5.65 Å². The number of aromatic nitrogens is 6. The van der Waals surface area contributed by atoms with Gasteiger partial charge in [-0.2, -0.15) is 5.10 Å². The topological polar surface area (TPSA) is 119 Å². The maximum Gasteiger partial charge on any atom is 0.307 e. The number of carboxylic acid groups (broad SMARTS) is 1. The van der Waals surface area contributed by atoms with Crippen LogP contribution in [-0.2, 0) is 24.3 Å². The first-order valence-electron chi connectivity index (χ1n) is 11.6. The van der Waals surface area contributed by atoms with E-state index >= 15 is 0 Å². The molecule has 0 aromatic carbocycles. The number of fused-ring (bicyclic) bond motifs is 2. The summed E-state index contributed by atoms with van der Waals surface area (Å²) in [5, 5.41) is 17.1. The molecule has 1 fully saturated rings. The smallest absolute Gasteiger partial charge is 0.307 e. The zero-order valence-corrected chi connectivity index (χ0v) is 19.9. The van der Waals surface area contributed by atoms with Gasteiger partial charge in [-0.15, -0.1) is 0 Å². The molecule has 10 nitrogen and oxygen atoms in total. The van der Waals surface area contributed by atoms with E-state index in [1.807, 2.05) is 33.5 Å². The van der Waals surface area contributed by atoms with E-state index in [2.05, 4.69) is 20.4 Å². The number of imidazole rings is 2. The molecule has 1 aliphatic rings. The lowest BCUT2D eigenvalue weighted by molar-refractivity contribution is -0.136. The Labute approximate surface area is 210 Å². The van der Waals surface area contributed by atoms with Crippen molar-refractivity contribution in [2.24, 2.45) is 0 Å². The molecular weight excluding hydrogens is 482 g/mol. The average Bonchev–Trinajstić information content (AvgIpc) is 3.26. The van der Waals surface area contributed by atoms with Crippen LogP contribution in [0.3, 0.4) is 0 Å². The van der Waals surface area contributed by atoms with Gasteiger partial charge in [-0.25, -0.2) is 9.97 Å². The second-order valence-corrected chi connectivity index (χ2v) is 9.48. The van der Waals surface area contributed by atoms with Crippen molar-refractivity contribution in [2.45, 2.75) is 38.3 Å². The predicted molar refractivity (Wildman–Crippen MR) is 131 cm³/mol. The Hall–Kier alpha value is -4.18. The van der Waals surface area contributed by atoms with Gasteiger partial charge in [0.05, 0.1) is 54.5 Å². The van der Waals surface area contributed by atoms with E-state index in [0.29, 0.717) is 40.0 Å². The van der Waals surface area contributed by atoms with Gasteiger partial charge < -0.3 is 19.2 Å². The zero-order chi connectivity index (χ0) is 24.8. The lowest BCUT2D eigenvalue weighted by Crippen LogP contribution is -2.22. The van der Waals surface area contributed by atoms with E-state index in [0.717, 1.165) is 29.6 Å². The van der Waals surface area contributed by atoms with Crippen LogP contribution in [0.1, 0.15) is 51.6 Å². The minimum Gasteiger partial charge on any atom is -0.481 e. The standard InChI is InChI=1S/C25H22ClN7O3/c26-19-3-4-31-14-28-21(22(31)7-19)9-27-25(36)18-8-29-33(11-18)13-20-12-32-10-17(15-1-2-15)5-16(6-23(34)35)24(32)30-20/h3-5,7-8,10-12,14-15H,1-2,6,9,13H2,(H,27,36)(H,34,35). The van der Waals surface area contributed by atoms with Crippen LogP contribution in [-0.4, -0.2) is 45.5 Å². The molecule has 0 radical (unpaired) electrons. The Kier molecular flexibility index (Phi) is 5.45.